The average Bonchev–Trinajstić information content (AvgIpc) is 2.45. The van der Waals surface area contributed by atoms with E-state index < -0.39 is 11.4 Å². The molecule has 1 unspecified atom stereocenters. The van der Waals surface area contributed by atoms with Crippen molar-refractivity contribution in [3.8, 4) is 0 Å². The first-order chi connectivity index (χ1) is 10.2. The summed E-state index contributed by atoms with van der Waals surface area (Å²) >= 11 is 0. The van der Waals surface area contributed by atoms with Gasteiger partial charge in [-0.05, 0) is 37.7 Å². The zero-order valence-electron chi connectivity index (χ0n) is 13.9. The predicted octanol–water partition coefficient (Wildman–Crippen LogP) is 3.43. The van der Waals surface area contributed by atoms with Crippen molar-refractivity contribution in [1.29, 1.82) is 0 Å². The molecule has 4 nitrogen and oxygen atoms in total. The van der Waals surface area contributed by atoms with Gasteiger partial charge in [0.1, 0.15) is 0 Å². The van der Waals surface area contributed by atoms with Crippen molar-refractivity contribution in [3.63, 3.8) is 0 Å². The molecule has 1 rings (SSSR count). The first-order valence-corrected chi connectivity index (χ1v) is 7.79. The lowest BCUT2D eigenvalue weighted by atomic mass is 9.85. The second-order valence-corrected chi connectivity index (χ2v) is 6.75. The molecule has 1 atom stereocenters. The number of carboxylic acids is 1. The van der Waals surface area contributed by atoms with E-state index in [-0.39, 0.29) is 11.8 Å². The quantitative estimate of drug-likeness (QED) is 0.773. The zero-order chi connectivity index (χ0) is 16.8. The van der Waals surface area contributed by atoms with Crippen LogP contribution in [0.4, 0.5) is 0 Å². The maximum atomic E-state index is 12.1. The molecule has 1 amide bonds. The second kappa shape index (κ2) is 7.97. The van der Waals surface area contributed by atoms with Crippen molar-refractivity contribution in [2.45, 2.75) is 46.5 Å². The summed E-state index contributed by atoms with van der Waals surface area (Å²) in [5.74, 6) is -0.327. The van der Waals surface area contributed by atoms with Crippen LogP contribution in [0, 0.1) is 11.3 Å². The summed E-state index contributed by atoms with van der Waals surface area (Å²) in [6.07, 6.45) is 0.848. The predicted molar refractivity (Wildman–Crippen MR) is 87.7 cm³/mol. The van der Waals surface area contributed by atoms with E-state index in [2.05, 4.69) is 19.2 Å². The van der Waals surface area contributed by atoms with Gasteiger partial charge in [-0.15, -0.1) is 0 Å². The van der Waals surface area contributed by atoms with Crippen LogP contribution >= 0.6 is 0 Å². The number of carboxylic acid groups (broad SMARTS) is 1. The van der Waals surface area contributed by atoms with Gasteiger partial charge < -0.3 is 10.4 Å². The minimum atomic E-state index is -0.842. The summed E-state index contributed by atoms with van der Waals surface area (Å²) in [6, 6.07) is 10.0. The minimum absolute atomic E-state index is 0.0243. The number of aliphatic carboxylic acids is 1. The zero-order valence-corrected chi connectivity index (χ0v) is 13.9. The smallest absolute Gasteiger partial charge is 0.309 e. The molecule has 0 aliphatic heterocycles. The molecule has 0 heterocycles. The molecule has 0 saturated carbocycles. The van der Waals surface area contributed by atoms with Gasteiger partial charge in [-0.1, -0.05) is 44.2 Å². The topological polar surface area (TPSA) is 66.4 Å². The number of nitrogens with one attached hydrogen (secondary N) is 1. The SMILES string of the molecule is CC(C)C(CC(=O)NCCC(C)(C)C(=O)O)c1ccccc1. The van der Waals surface area contributed by atoms with Gasteiger partial charge in [0.15, 0.2) is 0 Å². The highest BCUT2D eigenvalue weighted by molar-refractivity contribution is 5.77. The third kappa shape index (κ3) is 5.51. The van der Waals surface area contributed by atoms with Crippen LogP contribution in [-0.4, -0.2) is 23.5 Å². The second-order valence-electron chi connectivity index (χ2n) is 6.75. The molecular formula is C18H27NO3. The third-order valence-electron chi connectivity index (χ3n) is 4.09. The Labute approximate surface area is 132 Å². The number of carbonyl (C=O) groups is 2. The number of benzene rings is 1. The lowest BCUT2D eigenvalue weighted by Gasteiger charge is -2.22. The van der Waals surface area contributed by atoms with E-state index in [1.807, 2.05) is 30.3 Å². The average molecular weight is 305 g/mol. The Morgan fingerprint density at radius 3 is 2.27 bits per heavy atom. The number of carbonyl (C=O) groups excluding carboxylic acids is 1. The third-order valence-corrected chi connectivity index (χ3v) is 4.09. The Kier molecular flexibility index (Phi) is 6.60. The molecule has 122 valence electrons. The van der Waals surface area contributed by atoms with Crippen LogP contribution in [0.1, 0.15) is 52.0 Å². The van der Waals surface area contributed by atoms with Crippen molar-refractivity contribution >= 4 is 11.9 Å². The van der Waals surface area contributed by atoms with Gasteiger partial charge >= 0.3 is 5.97 Å². The minimum Gasteiger partial charge on any atom is -0.481 e. The van der Waals surface area contributed by atoms with Gasteiger partial charge in [-0.25, -0.2) is 0 Å². The summed E-state index contributed by atoms with van der Waals surface area (Å²) in [4.78, 5) is 23.2. The van der Waals surface area contributed by atoms with Gasteiger partial charge in [0, 0.05) is 13.0 Å². The molecule has 4 heteroatoms. The molecule has 1 aromatic rings. The fourth-order valence-corrected chi connectivity index (χ4v) is 2.33. The number of rotatable bonds is 8. The summed E-state index contributed by atoms with van der Waals surface area (Å²) < 4.78 is 0. The molecule has 0 fully saturated rings. The summed E-state index contributed by atoms with van der Waals surface area (Å²) in [5.41, 5.74) is 0.350. The van der Waals surface area contributed by atoms with Crippen molar-refractivity contribution in [1.82, 2.24) is 5.32 Å². The Morgan fingerprint density at radius 1 is 1.18 bits per heavy atom. The maximum Gasteiger partial charge on any atom is 0.309 e. The molecule has 0 aromatic heterocycles. The molecule has 0 spiro atoms. The maximum absolute atomic E-state index is 12.1. The molecule has 0 aliphatic carbocycles. The highest BCUT2D eigenvalue weighted by Crippen LogP contribution is 2.27. The molecule has 0 bridgehead atoms. The fraction of sp³-hybridized carbons (Fsp3) is 0.556. The van der Waals surface area contributed by atoms with Crippen LogP contribution in [0.3, 0.4) is 0 Å². The van der Waals surface area contributed by atoms with Crippen LogP contribution < -0.4 is 5.32 Å². The van der Waals surface area contributed by atoms with Gasteiger partial charge in [-0.2, -0.15) is 0 Å². The molecule has 22 heavy (non-hydrogen) atoms. The van der Waals surface area contributed by atoms with E-state index in [9.17, 15) is 9.59 Å². The molecule has 1 aromatic carbocycles. The van der Waals surface area contributed by atoms with Gasteiger partial charge in [-0.3, -0.25) is 9.59 Å². The van der Waals surface area contributed by atoms with Crippen molar-refractivity contribution < 1.29 is 14.7 Å². The van der Waals surface area contributed by atoms with Crippen molar-refractivity contribution in [2.75, 3.05) is 6.54 Å². The lowest BCUT2D eigenvalue weighted by molar-refractivity contribution is -0.147. The first-order valence-electron chi connectivity index (χ1n) is 7.79. The largest absolute Gasteiger partial charge is 0.481 e. The summed E-state index contributed by atoms with van der Waals surface area (Å²) in [7, 11) is 0. The molecular weight excluding hydrogens is 278 g/mol. The van der Waals surface area contributed by atoms with Crippen LogP contribution in [0.2, 0.25) is 0 Å². The van der Waals surface area contributed by atoms with E-state index in [0.29, 0.717) is 25.3 Å². The Morgan fingerprint density at radius 2 is 1.77 bits per heavy atom. The standard InChI is InChI=1S/C18H27NO3/c1-13(2)15(14-8-6-5-7-9-14)12-16(20)19-11-10-18(3,4)17(21)22/h5-9,13,15H,10-12H2,1-4H3,(H,19,20)(H,21,22). The molecule has 2 N–H and O–H groups in total. The van der Waals surface area contributed by atoms with Gasteiger partial charge in [0.25, 0.3) is 0 Å². The number of hydrogen-bond acceptors (Lipinski definition) is 2. The highest BCUT2D eigenvalue weighted by Gasteiger charge is 2.27. The fourth-order valence-electron chi connectivity index (χ4n) is 2.33. The Bertz CT molecular complexity index is 494. The van der Waals surface area contributed by atoms with E-state index in [1.165, 1.54) is 5.56 Å². The van der Waals surface area contributed by atoms with E-state index in [1.54, 1.807) is 13.8 Å². The van der Waals surface area contributed by atoms with Crippen LogP contribution in [-0.2, 0) is 9.59 Å². The summed E-state index contributed by atoms with van der Waals surface area (Å²) in [6.45, 7) is 7.94. The van der Waals surface area contributed by atoms with Crippen LogP contribution in [0.25, 0.3) is 0 Å². The monoisotopic (exact) mass is 305 g/mol. The van der Waals surface area contributed by atoms with Crippen LogP contribution in [0.5, 0.6) is 0 Å². The van der Waals surface area contributed by atoms with Crippen molar-refractivity contribution in [3.05, 3.63) is 35.9 Å². The van der Waals surface area contributed by atoms with Gasteiger partial charge in [0.05, 0.1) is 5.41 Å². The molecule has 0 radical (unpaired) electrons. The number of hydrogen-bond donors (Lipinski definition) is 2. The Balaban J connectivity index is 2.54. The van der Waals surface area contributed by atoms with Crippen LogP contribution in [0.15, 0.2) is 30.3 Å². The summed E-state index contributed by atoms with van der Waals surface area (Å²) in [5, 5.41) is 11.9. The molecule has 0 saturated heterocycles. The highest BCUT2D eigenvalue weighted by atomic mass is 16.4. The van der Waals surface area contributed by atoms with Gasteiger partial charge in [0.2, 0.25) is 5.91 Å². The number of amides is 1. The Hall–Kier alpha value is -1.84. The normalized spacial score (nSPS) is 13.0. The van der Waals surface area contributed by atoms with E-state index in [0.717, 1.165) is 0 Å². The van der Waals surface area contributed by atoms with E-state index >= 15 is 0 Å². The van der Waals surface area contributed by atoms with E-state index in [4.69, 9.17) is 5.11 Å². The van der Waals surface area contributed by atoms with Crippen molar-refractivity contribution in [2.24, 2.45) is 11.3 Å². The lowest BCUT2D eigenvalue weighted by Crippen LogP contribution is -2.32. The first kappa shape index (κ1) is 18.2. The molecule has 0 aliphatic rings.